The molecule has 0 aromatic carbocycles. The Labute approximate surface area is 66.6 Å². The number of hydrogen-bond donors (Lipinski definition) is 2. The molecule has 0 aliphatic carbocycles. The molecule has 0 amide bonds. The minimum Gasteiger partial charge on any atom is -0.374 e. The summed E-state index contributed by atoms with van der Waals surface area (Å²) in [6.07, 6.45) is -0.319. The summed E-state index contributed by atoms with van der Waals surface area (Å²) in [5.41, 5.74) is -1.20. The van der Waals surface area contributed by atoms with Crippen molar-refractivity contribution in [2.24, 2.45) is 0 Å². The molecule has 2 atom stereocenters. The normalized spacial score (nSPS) is 38.4. The molecular formula is C8H13NO2. The molecule has 1 heterocycles. The van der Waals surface area contributed by atoms with Crippen LogP contribution < -0.4 is 0 Å². The summed E-state index contributed by atoms with van der Waals surface area (Å²) in [6, 6.07) is 0. The summed E-state index contributed by atoms with van der Waals surface area (Å²) in [5, 5.41) is 19.1. The van der Waals surface area contributed by atoms with Gasteiger partial charge in [0.2, 0.25) is 0 Å². The summed E-state index contributed by atoms with van der Waals surface area (Å²) in [6.45, 7) is 2.34. The summed E-state index contributed by atoms with van der Waals surface area (Å²) >= 11 is 0. The molecule has 3 nitrogen and oxygen atoms in total. The molecule has 1 fully saturated rings. The first-order valence-corrected chi connectivity index (χ1v) is 3.65. The van der Waals surface area contributed by atoms with E-state index < -0.39 is 11.8 Å². The standard InChI is InChI=1S/C8H13NO2/c1-3-4-8(11)5-6-9(2)7(8)10/h7,10-11H,5-6H2,1-2H3. The van der Waals surface area contributed by atoms with Crippen LogP contribution in [0.5, 0.6) is 0 Å². The van der Waals surface area contributed by atoms with E-state index in [1.807, 2.05) is 0 Å². The molecule has 0 aromatic heterocycles. The van der Waals surface area contributed by atoms with Crippen LogP contribution in [0.3, 0.4) is 0 Å². The molecule has 0 saturated carbocycles. The maximum Gasteiger partial charge on any atom is 0.165 e. The van der Waals surface area contributed by atoms with Crippen LogP contribution in [0.15, 0.2) is 0 Å². The van der Waals surface area contributed by atoms with Gasteiger partial charge in [-0.25, -0.2) is 0 Å². The molecule has 3 heteroatoms. The fraction of sp³-hybridized carbons (Fsp3) is 0.750. The molecule has 62 valence electrons. The number of likely N-dealkylation sites (N-methyl/N-ethyl adjacent to an activating group) is 1. The number of aliphatic hydroxyl groups excluding tert-OH is 1. The van der Waals surface area contributed by atoms with E-state index in [2.05, 4.69) is 11.8 Å². The largest absolute Gasteiger partial charge is 0.374 e. The van der Waals surface area contributed by atoms with Gasteiger partial charge in [-0.3, -0.25) is 4.90 Å². The molecule has 0 spiro atoms. The molecule has 1 aliphatic heterocycles. The number of likely N-dealkylation sites (tertiary alicyclic amines) is 1. The maximum atomic E-state index is 9.66. The van der Waals surface area contributed by atoms with Crippen molar-refractivity contribution in [1.82, 2.24) is 4.90 Å². The van der Waals surface area contributed by atoms with Gasteiger partial charge in [0.25, 0.3) is 0 Å². The van der Waals surface area contributed by atoms with Gasteiger partial charge in [0.1, 0.15) is 6.23 Å². The van der Waals surface area contributed by atoms with Crippen molar-refractivity contribution >= 4 is 0 Å². The van der Waals surface area contributed by atoms with Crippen molar-refractivity contribution in [3.8, 4) is 11.8 Å². The molecule has 1 saturated heterocycles. The quantitative estimate of drug-likeness (QED) is 0.459. The molecule has 1 aliphatic rings. The van der Waals surface area contributed by atoms with Crippen LogP contribution >= 0.6 is 0 Å². The summed E-state index contributed by atoms with van der Waals surface area (Å²) in [4.78, 5) is 1.68. The Morgan fingerprint density at radius 2 is 2.27 bits per heavy atom. The van der Waals surface area contributed by atoms with E-state index in [1.165, 1.54) is 0 Å². The number of rotatable bonds is 0. The Balaban J connectivity index is 2.78. The maximum absolute atomic E-state index is 9.66. The number of hydrogen-bond acceptors (Lipinski definition) is 3. The Morgan fingerprint density at radius 3 is 2.64 bits per heavy atom. The molecule has 1 rings (SSSR count). The molecule has 2 unspecified atom stereocenters. The smallest absolute Gasteiger partial charge is 0.165 e. The van der Waals surface area contributed by atoms with Crippen LogP contribution in [0.2, 0.25) is 0 Å². The highest BCUT2D eigenvalue weighted by molar-refractivity contribution is 5.17. The second-order valence-electron chi connectivity index (χ2n) is 2.90. The van der Waals surface area contributed by atoms with Crippen molar-refractivity contribution < 1.29 is 10.2 Å². The van der Waals surface area contributed by atoms with Crippen LogP contribution in [-0.2, 0) is 0 Å². The third-order valence-electron chi connectivity index (χ3n) is 2.03. The van der Waals surface area contributed by atoms with Gasteiger partial charge < -0.3 is 10.2 Å². The molecule has 11 heavy (non-hydrogen) atoms. The predicted molar refractivity (Wildman–Crippen MR) is 41.7 cm³/mol. The lowest BCUT2D eigenvalue weighted by Gasteiger charge is -2.22. The van der Waals surface area contributed by atoms with Gasteiger partial charge >= 0.3 is 0 Å². The topological polar surface area (TPSA) is 43.7 Å². The zero-order valence-corrected chi connectivity index (χ0v) is 6.83. The van der Waals surface area contributed by atoms with Crippen LogP contribution in [0, 0.1) is 11.8 Å². The van der Waals surface area contributed by atoms with E-state index in [1.54, 1.807) is 18.9 Å². The lowest BCUT2D eigenvalue weighted by Crippen LogP contribution is -2.41. The van der Waals surface area contributed by atoms with Crippen molar-refractivity contribution in [3.05, 3.63) is 0 Å². The number of nitrogens with zero attached hydrogens (tertiary/aromatic N) is 1. The minimum absolute atomic E-state index is 0.519. The van der Waals surface area contributed by atoms with Crippen molar-refractivity contribution in [2.75, 3.05) is 13.6 Å². The second kappa shape index (κ2) is 2.82. The van der Waals surface area contributed by atoms with Crippen LogP contribution in [0.4, 0.5) is 0 Å². The molecule has 0 aromatic rings. The highest BCUT2D eigenvalue weighted by Crippen LogP contribution is 2.24. The Morgan fingerprint density at radius 1 is 1.64 bits per heavy atom. The third-order valence-corrected chi connectivity index (χ3v) is 2.03. The monoisotopic (exact) mass is 155 g/mol. The lowest BCUT2D eigenvalue weighted by atomic mass is 10.0. The van der Waals surface area contributed by atoms with E-state index in [0.717, 1.165) is 0 Å². The Hall–Kier alpha value is -0.560. The first kappa shape index (κ1) is 8.54. The zero-order chi connectivity index (χ0) is 8.48. The van der Waals surface area contributed by atoms with Gasteiger partial charge in [0.15, 0.2) is 5.60 Å². The van der Waals surface area contributed by atoms with E-state index >= 15 is 0 Å². The number of aliphatic hydroxyl groups is 2. The fourth-order valence-electron chi connectivity index (χ4n) is 1.31. The van der Waals surface area contributed by atoms with E-state index in [0.29, 0.717) is 13.0 Å². The SMILES string of the molecule is CC#CC1(O)CCN(C)C1O. The Kier molecular flexibility index (Phi) is 2.19. The summed E-state index contributed by atoms with van der Waals surface area (Å²) in [5.74, 6) is 5.23. The average Bonchev–Trinajstić information content (AvgIpc) is 2.19. The van der Waals surface area contributed by atoms with E-state index in [-0.39, 0.29) is 0 Å². The van der Waals surface area contributed by atoms with Gasteiger partial charge in [-0.1, -0.05) is 5.92 Å². The average molecular weight is 155 g/mol. The van der Waals surface area contributed by atoms with Gasteiger partial charge in [-0.15, -0.1) is 5.92 Å². The third kappa shape index (κ3) is 1.38. The summed E-state index contributed by atoms with van der Waals surface area (Å²) < 4.78 is 0. The first-order valence-electron chi connectivity index (χ1n) is 3.65. The second-order valence-corrected chi connectivity index (χ2v) is 2.90. The van der Waals surface area contributed by atoms with E-state index in [4.69, 9.17) is 0 Å². The molecule has 0 radical (unpaired) electrons. The van der Waals surface area contributed by atoms with Gasteiger partial charge in [-0.2, -0.15) is 0 Å². The fourth-order valence-corrected chi connectivity index (χ4v) is 1.31. The molecular weight excluding hydrogens is 142 g/mol. The highest BCUT2D eigenvalue weighted by Gasteiger charge is 2.42. The summed E-state index contributed by atoms with van der Waals surface area (Å²) in [7, 11) is 1.76. The van der Waals surface area contributed by atoms with Crippen molar-refractivity contribution in [3.63, 3.8) is 0 Å². The van der Waals surface area contributed by atoms with Gasteiger partial charge in [-0.05, 0) is 14.0 Å². The first-order chi connectivity index (χ1) is 5.10. The van der Waals surface area contributed by atoms with Crippen LogP contribution in [-0.4, -0.2) is 40.5 Å². The van der Waals surface area contributed by atoms with Crippen LogP contribution in [0.25, 0.3) is 0 Å². The van der Waals surface area contributed by atoms with Crippen molar-refractivity contribution in [1.29, 1.82) is 0 Å². The van der Waals surface area contributed by atoms with Gasteiger partial charge in [0.05, 0.1) is 0 Å². The molecule has 0 bridgehead atoms. The minimum atomic E-state index is -1.20. The van der Waals surface area contributed by atoms with Gasteiger partial charge in [0, 0.05) is 13.0 Å². The predicted octanol–water partition coefficient (Wildman–Crippen LogP) is -0.605. The Bertz CT molecular complexity index is 206. The van der Waals surface area contributed by atoms with Crippen LogP contribution in [0.1, 0.15) is 13.3 Å². The molecule has 2 N–H and O–H groups in total. The highest BCUT2D eigenvalue weighted by atomic mass is 16.4. The van der Waals surface area contributed by atoms with E-state index in [9.17, 15) is 10.2 Å². The van der Waals surface area contributed by atoms with Crippen molar-refractivity contribution in [2.45, 2.75) is 25.2 Å². The zero-order valence-electron chi connectivity index (χ0n) is 6.83. The lowest BCUT2D eigenvalue weighted by molar-refractivity contribution is -0.0633.